The fraction of sp³-hybridized carbons (Fsp3) is 0.562. The number of phenols is 1. The first kappa shape index (κ1) is 15.6. The van der Waals surface area contributed by atoms with Crippen LogP contribution in [0.25, 0.3) is 0 Å². The zero-order valence-electron chi connectivity index (χ0n) is 13.0. The Morgan fingerprint density at radius 2 is 1.67 bits per heavy atom. The number of benzene rings is 1. The van der Waals surface area contributed by atoms with E-state index in [4.69, 9.17) is 5.73 Å². The molecule has 1 saturated heterocycles. The molecule has 5 nitrogen and oxygen atoms in total. The van der Waals surface area contributed by atoms with Crippen LogP contribution in [0, 0.1) is 5.41 Å². The smallest absolute Gasteiger partial charge is 0.240 e. The summed E-state index contributed by atoms with van der Waals surface area (Å²) in [5.74, 6) is 0.302. The molecule has 5 heteroatoms. The van der Waals surface area contributed by atoms with Crippen LogP contribution in [0.3, 0.4) is 0 Å². The Morgan fingerprint density at radius 1 is 1.14 bits per heavy atom. The summed E-state index contributed by atoms with van der Waals surface area (Å²) in [6.45, 7) is 8.90. The van der Waals surface area contributed by atoms with E-state index in [0.717, 1.165) is 18.8 Å². The van der Waals surface area contributed by atoms with Crippen molar-refractivity contribution in [1.82, 2.24) is 4.90 Å². The zero-order chi connectivity index (χ0) is 15.6. The normalized spacial score (nSPS) is 17.7. The molecule has 0 saturated carbocycles. The van der Waals surface area contributed by atoms with Crippen molar-refractivity contribution >= 4 is 11.6 Å². The van der Waals surface area contributed by atoms with Gasteiger partial charge in [0, 0.05) is 31.9 Å². The van der Waals surface area contributed by atoms with Gasteiger partial charge >= 0.3 is 0 Å². The Morgan fingerprint density at radius 3 is 2.14 bits per heavy atom. The van der Waals surface area contributed by atoms with Crippen molar-refractivity contribution in [1.29, 1.82) is 0 Å². The lowest BCUT2D eigenvalue weighted by Gasteiger charge is -2.39. The fourth-order valence-electron chi connectivity index (χ4n) is 2.42. The number of phenolic OH excluding ortho intramolecular Hbond substituents is 1. The van der Waals surface area contributed by atoms with Gasteiger partial charge in [0.2, 0.25) is 5.91 Å². The van der Waals surface area contributed by atoms with Crippen LogP contribution in [0.15, 0.2) is 24.3 Å². The molecule has 0 unspecified atom stereocenters. The summed E-state index contributed by atoms with van der Waals surface area (Å²) in [4.78, 5) is 16.5. The fourth-order valence-corrected chi connectivity index (χ4v) is 2.42. The lowest BCUT2D eigenvalue weighted by molar-refractivity contribution is -0.135. The molecule has 1 amide bonds. The van der Waals surface area contributed by atoms with Crippen molar-refractivity contribution in [3.8, 4) is 5.75 Å². The van der Waals surface area contributed by atoms with Gasteiger partial charge in [-0.3, -0.25) is 4.79 Å². The van der Waals surface area contributed by atoms with Crippen LogP contribution < -0.4 is 10.6 Å². The molecule has 0 aromatic heterocycles. The van der Waals surface area contributed by atoms with Crippen LogP contribution in [0.5, 0.6) is 5.75 Å². The van der Waals surface area contributed by atoms with Crippen molar-refractivity contribution < 1.29 is 9.90 Å². The van der Waals surface area contributed by atoms with E-state index in [1.54, 1.807) is 12.1 Å². The highest BCUT2D eigenvalue weighted by molar-refractivity contribution is 5.82. The van der Waals surface area contributed by atoms with Gasteiger partial charge in [-0.25, -0.2) is 0 Å². The minimum absolute atomic E-state index is 0.0351. The van der Waals surface area contributed by atoms with Crippen LogP contribution in [0.2, 0.25) is 0 Å². The Bertz CT molecular complexity index is 485. The molecule has 0 aliphatic carbocycles. The number of hydrogen-bond acceptors (Lipinski definition) is 4. The van der Waals surface area contributed by atoms with Gasteiger partial charge in [0.15, 0.2) is 0 Å². The summed E-state index contributed by atoms with van der Waals surface area (Å²) >= 11 is 0. The second-order valence-electron chi connectivity index (χ2n) is 6.67. The van der Waals surface area contributed by atoms with Crippen molar-refractivity contribution in [3.63, 3.8) is 0 Å². The van der Waals surface area contributed by atoms with Crippen molar-refractivity contribution in [2.75, 3.05) is 31.1 Å². The summed E-state index contributed by atoms with van der Waals surface area (Å²) in [5.41, 5.74) is 6.91. The average Bonchev–Trinajstić information content (AvgIpc) is 2.46. The zero-order valence-corrected chi connectivity index (χ0v) is 13.0. The predicted octanol–water partition coefficient (Wildman–Crippen LogP) is 1.41. The van der Waals surface area contributed by atoms with E-state index in [9.17, 15) is 9.90 Å². The van der Waals surface area contributed by atoms with Crippen LogP contribution in [0.4, 0.5) is 5.69 Å². The summed E-state index contributed by atoms with van der Waals surface area (Å²) in [6, 6.07) is 6.70. The van der Waals surface area contributed by atoms with Crippen LogP contribution in [-0.2, 0) is 4.79 Å². The Labute approximate surface area is 126 Å². The van der Waals surface area contributed by atoms with Gasteiger partial charge in [-0.05, 0) is 29.7 Å². The van der Waals surface area contributed by atoms with E-state index in [0.29, 0.717) is 13.1 Å². The number of nitrogens with two attached hydrogens (primary N) is 1. The molecule has 0 spiro atoms. The number of piperazine rings is 1. The molecule has 1 atom stereocenters. The van der Waals surface area contributed by atoms with Gasteiger partial charge in [-0.15, -0.1) is 0 Å². The monoisotopic (exact) mass is 291 g/mol. The molecule has 1 aliphatic rings. The second-order valence-corrected chi connectivity index (χ2v) is 6.67. The van der Waals surface area contributed by atoms with Gasteiger partial charge < -0.3 is 20.6 Å². The Balaban J connectivity index is 1.94. The molecule has 116 valence electrons. The van der Waals surface area contributed by atoms with Gasteiger partial charge in [0.05, 0.1) is 6.04 Å². The van der Waals surface area contributed by atoms with Gasteiger partial charge in [0.25, 0.3) is 0 Å². The highest BCUT2D eigenvalue weighted by Gasteiger charge is 2.32. The molecule has 1 heterocycles. The predicted molar refractivity (Wildman–Crippen MR) is 84.3 cm³/mol. The summed E-state index contributed by atoms with van der Waals surface area (Å²) in [5, 5.41) is 9.32. The molecular weight excluding hydrogens is 266 g/mol. The number of nitrogens with zero attached hydrogens (tertiary/aromatic N) is 2. The molecule has 21 heavy (non-hydrogen) atoms. The minimum atomic E-state index is -0.460. The van der Waals surface area contributed by atoms with Crippen molar-refractivity contribution in [2.45, 2.75) is 26.8 Å². The maximum Gasteiger partial charge on any atom is 0.240 e. The molecule has 1 aliphatic heterocycles. The average molecular weight is 291 g/mol. The maximum atomic E-state index is 12.4. The Kier molecular flexibility index (Phi) is 4.42. The van der Waals surface area contributed by atoms with Crippen molar-refractivity contribution in [3.05, 3.63) is 24.3 Å². The van der Waals surface area contributed by atoms with E-state index in [1.807, 2.05) is 37.8 Å². The first-order chi connectivity index (χ1) is 9.79. The number of anilines is 1. The number of carbonyl (C=O) groups excluding carboxylic acids is 1. The van der Waals surface area contributed by atoms with E-state index in [1.165, 1.54) is 0 Å². The standard InChI is InChI=1S/C16H25N3O2/c1-16(2,3)14(17)15(21)19-10-8-18(9-11-19)12-4-6-13(20)7-5-12/h4-7,14,20H,8-11,17H2,1-3H3/t14-/m1/s1. The number of amides is 1. The van der Waals surface area contributed by atoms with E-state index in [2.05, 4.69) is 4.90 Å². The SMILES string of the molecule is CC(C)(C)[C@H](N)C(=O)N1CCN(c2ccc(O)cc2)CC1. The minimum Gasteiger partial charge on any atom is -0.508 e. The number of rotatable bonds is 2. The molecule has 1 aromatic rings. The first-order valence-electron chi connectivity index (χ1n) is 7.37. The highest BCUT2D eigenvalue weighted by Crippen LogP contribution is 2.22. The number of hydrogen-bond donors (Lipinski definition) is 2. The van der Waals surface area contributed by atoms with Gasteiger partial charge in [0.1, 0.15) is 5.75 Å². The Hall–Kier alpha value is -1.75. The van der Waals surface area contributed by atoms with E-state index >= 15 is 0 Å². The first-order valence-corrected chi connectivity index (χ1v) is 7.37. The molecule has 0 bridgehead atoms. The van der Waals surface area contributed by atoms with Gasteiger partial charge in [-0.1, -0.05) is 20.8 Å². The maximum absolute atomic E-state index is 12.4. The van der Waals surface area contributed by atoms with Gasteiger partial charge in [-0.2, -0.15) is 0 Å². The quantitative estimate of drug-likeness (QED) is 0.864. The molecule has 2 rings (SSSR count). The number of carbonyl (C=O) groups is 1. The largest absolute Gasteiger partial charge is 0.508 e. The molecule has 0 radical (unpaired) electrons. The van der Waals surface area contributed by atoms with E-state index in [-0.39, 0.29) is 17.1 Å². The lowest BCUT2D eigenvalue weighted by Crippen LogP contribution is -2.56. The van der Waals surface area contributed by atoms with Crippen LogP contribution in [0.1, 0.15) is 20.8 Å². The van der Waals surface area contributed by atoms with Crippen LogP contribution >= 0.6 is 0 Å². The van der Waals surface area contributed by atoms with Crippen molar-refractivity contribution in [2.24, 2.45) is 11.1 Å². The molecule has 1 fully saturated rings. The third kappa shape index (κ3) is 3.67. The summed E-state index contributed by atoms with van der Waals surface area (Å²) in [6.07, 6.45) is 0. The molecule has 1 aromatic carbocycles. The topological polar surface area (TPSA) is 69.8 Å². The lowest BCUT2D eigenvalue weighted by atomic mass is 9.86. The second kappa shape index (κ2) is 5.93. The highest BCUT2D eigenvalue weighted by atomic mass is 16.3. The third-order valence-corrected chi connectivity index (χ3v) is 4.01. The molecular formula is C16H25N3O2. The summed E-state index contributed by atoms with van der Waals surface area (Å²) < 4.78 is 0. The van der Waals surface area contributed by atoms with E-state index < -0.39 is 6.04 Å². The number of aromatic hydroxyl groups is 1. The third-order valence-electron chi connectivity index (χ3n) is 4.01. The van der Waals surface area contributed by atoms with Crippen LogP contribution in [-0.4, -0.2) is 48.1 Å². The summed E-state index contributed by atoms with van der Waals surface area (Å²) in [7, 11) is 0. The molecule has 3 N–H and O–H groups in total.